The van der Waals surface area contributed by atoms with E-state index in [4.69, 9.17) is 11.6 Å². The predicted molar refractivity (Wildman–Crippen MR) is 85.6 cm³/mol. The molecule has 0 unspecified atom stereocenters. The molecule has 0 aromatic carbocycles. The molecule has 0 atom stereocenters. The van der Waals surface area contributed by atoms with E-state index < -0.39 is 10.0 Å². The van der Waals surface area contributed by atoms with Gasteiger partial charge in [-0.05, 0) is 28.4 Å². The van der Waals surface area contributed by atoms with Crippen molar-refractivity contribution in [2.75, 3.05) is 6.54 Å². The molecule has 0 aliphatic heterocycles. The molecule has 0 radical (unpaired) electrons. The first kappa shape index (κ1) is 17.4. The van der Waals surface area contributed by atoms with E-state index >= 15 is 0 Å². The average molecular weight is 389 g/mol. The standard InChI is InChI=1S/C12H19BrClNO2S2/c1-2-3-4-5-6-7-8-15-19(16,17)11-9-10(14)12(13)18-11/h9,15H,2-8H2,1H3. The number of hydrogen-bond acceptors (Lipinski definition) is 3. The van der Waals surface area contributed by atoms with Crippen LogP contribution in [0.1, 0.15) is 45.4 Å². The average Bonchev–Trinajstić information content (AvgIpc) is 2.69. The first-order valence-corrected chi connectivity index (χ1v) is 9.89. The zero-order valence-electron chi connectivity index (χ0n) is 10.9. The van der Waals surface area contributed by atoms with Crippen LogP contribution in [-0.2, 0) is 10.0 Å². The molecule has 19 heavy (non-hydrogen) atoms. The molecular weight excluding hydrogens is 370 g/mol. The van der Waals surface area contributed by atoms with Gasteiger partial charge in [-0.3, -0.25) is 0 Å². The summed E-state index contributed by atoms with van der Waals surface area (Å²) in [5.41, 5.74) is 0. The number of nitrogens with one attached hydrogen (secondary N) is 1. The summed E-state index contributed by atoms with van der Waals surface area (Å²) in [7, 11) is -3.41. The summed E-state index contributed by atoms with van der Waals surface area (Å²) in [6.07, 6.45) is 6.83. The fraction of sp³-hybridized carbons (Fsp3) is 0.667. The molecule has 7 heteroatoms. The van der Waals surface area contributed by atoms with Crippen molar-refractivity contribution in [3.8, 4) is 0 Å². The molecule has 0 bridgehead atoms. The molecule has 1 aromatic rings. The van der Waals surface area contributed by atoms with Gasteiger partial charge in [0.25, 0.3) is 0 Å². The summed E-state index contributed by atoms with van der Waals surface area (Å²) >= 11 is 10.2. The van der Waals surface area contributed by atoms with Crippen molar-refractivity contribution in [2.24, 2.45) is 0 Å². The third kappa shape index (κ3) is 6.12. The summed E-state index contributed by atoms with van der Waals surface area (Å²) in [5.74, 6) is 0. The van der Waals surface area contributed by atoms with E-state index in [2.05, 4.69) is 27.6 Å². The van der Waals surface area contributed by atoms with Crippen molar-refractivity contribution in [3.05, 3.63) is 14.9 Å². The minimum atomic E-state index is -3.41. The molecule has 1 heterocycles. The van der Waals surface area contributed by atoms with Crippen molar-refractivity contribution in [2.45, 2.75) is 49.7 Å². The molecule has 0 saturated carbocycles. The summed E-state index contributed by atoms with van der Waals surface area (Å²) in [6.45, 7) is 2.67. The first-order chi connectivity index (χ1) is 8.97. The smallest absolute Gasteiger partial charge is 0.210 e. The van der Waals surface area contributed by atoms with Crippen LogP contribution < -0.4 is 4.72 Å². The van der Waals surface area contributed by atoms with Crippen molar-refractivity contribution in [1.29, 1.82) is 0 Å². The van der Waals surface area contributed by atoms with E-state index in [0.717, 1.165) is 24.2 Å². The van der Waals surface area contributed by atoms with Gasteiger partial charge >= 0.3 is 0 Å². The van der Waals surface area contributed by atoms with Gasteiger partial charge in [-0.15, -0.1) is 11.3 Å². The van der Waals surface area contributed by atoms with Gasteiger partial charge in [-0.1, -0.05) is 50.6 Å². The third-order valence-corrected chi connectivity index (χ3v) is 7.12. The number of thiophene rings is 1. The molecule has 1 rings (SSSR count). The molecule has 0 fully saturated rings. The molecule has 0 saturated heterocycles. The van der Waals surface area contributed by atoms with Gasteiger partial charge in [0.2, 0.25) is 10.0 Å². The molecule has 110 valence electrons. The largest absolute Gasteiger partial charge is 0.250 e. The van der Waals surface area contributed by atoms with E-state index in [1.807, 2.05) is 0 Å². The maximum absolute atomic E-state index is 12.0. The molecule has 1 N–H and O–H groups in total. The topological polar surface area (TPSA) is 46.2 Å². The molecule has 1 aromatic heterocycles. The molecule has 0 amide bonds. The molecular formula is C12H19BrClNO2S2. The number of rotatable bonds is 9. The quantitative estimate of drug-likeness (QED) is 0.617. The van der Waals surface area contributed by atoms with Crippen molar-refractivity contribution < 1.29 is 8.42 Å². The molecule has 0 aliphatic rings. The Morgan fingerprint density at radius 2 is 1.89 bits per heavy atom. The SMILES string of the molecule is CCCCCCCCNS(=O)(=O)c1cc(Cl)c(Br)s1. The number of unbranched alkanes of at least 4 members (excludes halogenated alkanes) is 5. The number of hydrogen-bond donors (Lipinski definition) is 1. The monoisotopic (exact) mass is 387 g/mol. The molecule has 0 spiro atoms. The Kier molecular flexibility index (Phi) is 7.91. The zero-order chi connectivity index (χ0) is 14.3. The molecule has 0 aliphatic carbocycles. The highest BCUT2D eigenvalue weighted by Crippen LogP contribution is 2.34. The summed E-state index contributed by atoms with van der Waals surface area (Å²) in [6, 6.07) is 1.47. The third-order valence-electron chi connectivity index (χ3n) is 2.71. The second-order valence-corrected chi connectivity index (χ2v) is 9.12. The van der Waals surface area contributed by atoms with Crippen LogP contribution in [0.25, 0.3) is 0 Å². The normalized spacial score (nSPS) is 11.9. The van der Waals surface area contributed by atoms with E-state index in [1.54, 1.807) is 0 Å². The second-order valence-electron chi connectivity index (χ2n) is 4.35. The Balaban J connectivity index is 2.32. The maximum Gasteiger partial charge on any atom is 0.250 e. The van der Waals surface area contributed by atoms with Gasteiger partial charge in [0, 0.05) is 6.54 Å². The van der Waals surface area contributed by atoms with E-state index in [9.17, 15) is 8.42 Å². The number of sulfonamides is 1. The Morgan fingerprint density at radius 1 is 1.26 bits per heavy atom. The van der Waals surface area contributed by atoms with Crippen LogP contribution in [0.5, 0.6) is 0 Å². The first-order valence-electron chi connectivity index (χ1n) is 6.42. The molecule has 3 nitrogen and oxygen atoms in total. The Hall–Kier alpha value is 0.380. The Labute approximate surface area is 132 Å². The summed E-state index contributed by atoms with van der Waals surface area (Å²) in [4.78, 5) is 0. The van der Waals surface area contributed by atoms with Gasteiger partial charge in [-0.2, -0.15) is 0 Å². The van der Waals surface area contributed by atoms with Gasteiger partial charge in [0.05, 0.1) is 8.81 Å². The van der Waals surface area contributed by atoms with E-state index in [-0.39, 0.29) is 4.21 Å². The van der Waals surface area contributed by atoms with Crippen LogP contribution in [0.15, 0.2) is 14.1 Å². The zero-order valence-corrected chi connectivity index (χ0v) is 14.9. The van der Waals surface area contributed by atoms with Crippen LogP contribution in [-0.4, -0.2) is 15.0 Å². The van der Waals surface area contributed by atoms with Crippen molar-refractivity contribution >= 4 is 48.9 Å². The highest BCUT2D eigenvalue weighted by atomic mass is 79.9. The number of halogens is 2. The lowest BCUT2D eigenvalue weighted by molar-refractivity contribution is 0.569. The highest BCUT2D eigenvalue weighted by molar-refractivity contribution is 9.11. The Morgan fingerprint density at radius 3 is 2.47 bits per heavy atom. The van der Waals surface area contributed by atoms with Crippen molar-refractivity contribution in [3.63, 3.8) is 0 Å². The van der Waals surface area contributed by atoms with Gasteiger partial charge in [-0.25, -0.2) is 13.1 Å². The lowest BCUT2D eigenvalue weighted by Crippen LogP contribution is -2.23. The maximum atomic E-state index is 12.0. The second kappa shape index (κ2) is 8.62. The van der Waals surface area contributed by atoms with Gasteiger partial charge < -0.3 is 0 Å². The minimum absolute atomic E-state index is 0.260. The predicted octanol–water partition coefficient (Wildman–Crippen LogP) is 4.80. The highest BCUT2D eigenvalue weighted by Gasteiger charge is 2.18. The van der Waals surface area contributed by atoms with Gasteiger partial charge in [0.15, 0.2) is 0 Å². The summed E-state index contributed by atoms with van der Waals surface area (Å²) in [5, 5.41) is 0.435. The van der Waals surface area contributed by atoms with Crippen LogP contribution >= 0.6 is 38.9 Å². The van der Waals surface area contributed by atoms with Crippen molar-refractivity contribution in [1.82, 2.24) is 4.72 Å². The van der Waals surface area contributed by atoms with E-state index in [1.165, 1.54) is 31.7 Å². The van der Waals surface area contributed by atoms with Crippen LogP contribution in [0.3, 0.4) is 0 Å². The fourth-order valence-corrected chi connectivity index (χ4v) is 5.16. The lowest BCUT2D eigenvalue weighted by Gasteiger charge is -2.04. The Bertz CT molecular complexity index is 468. The minimum Gasteiger partial charge on any atom is -0.210 e. The van der Waals surface area contributed by atoms with Crippen LogP contribution in [0.4, 0.5) is 0 Å². The lowest BCUT2D eigenvalue weighted by atomic mass is 10.1. The van der Waals surface area contributed by atoms with Gasteiger partial charge in [0.1, 0.15) is 4.21 Å². The summed E-state index contributed by atoms with van der Waals surface area (Å²) < 4.78 is 27.4. The van der Waals surface area contributed by atoms with Crippen LogP contribution in [0, 0.1) is 0 Å². The van der Waals surface area contributed by atoms with E-state index in [0.29, 0.717) is 15.4 Å². The van der Waals surface area contributed by atoms with Crippen LogP contribution in [0.2, 0.25) is 5.02 Å². The fourth-order valence-electron chi connectivity index (χ4n) is 1.64.